The normalized spacial score (nSPS) is 11.6. The molecule has 0 saturated carbocycles. The van der Waals surface area contributed by atoms with Gasteiger partial charge in [-0.1, -0.05) is 44.2 Å². The van der Waals surface area contributed by atoms with E-state index in [1.54, 1.807) is 11.7 Å². The predicted octanol–water partition coefficient (Wildman–Crippen LogP) is 4.32. The lowest BCUT2D eigenvalue weighted by atomic mass is 10.2. The lowest BCUT2D eigenvalue weighted by Gasteiger charge is -2.20. The molecule has 32 heavy (non-hydrogen) atoms. The van der Waals surface area contributed by atoms with Crippen molar-refractivity contribution in [3.63, 3.8) is 0 Å². The topological polar surface area (TPSA) is 56.7 Å². The van der Waals surface area contributed by atoms with Gasteiger partial charge in [-0.05, 0) is 56.3 Å². The third kappa shape index (κ3) is 4.08. The fourth-order valence-electron chi connectivity index (χ4n) is 4.18. The summed E-state index contributed by atoms with van der Waals surface area (Å²) in [6, 6.07) is 15.3. The smallest absolute Gasteiger partial charge is 0.263 e. The maximum absolute atomic E-state index is 13.5. The minimum Gasteiger partial charge on any atom is -0.496 e. The number of methoxy groups -OCH3 is 1. The van der Waals surface area contributed by atoms with Crippen molar-refractivity contribution in [3.8, 4) is 5.75 Å². The van der Waals surface area contributed by atoms with Crippen molar-refractivity contribution in [2.24, 2.45) is 0 Å². The molecule has 2 aromatic carbocycles. The molecule has 2 aromatic heterocycles. The van der Waals surface area contributed by atoms with E-state index in [0.717, 1.165) is 42.8 Å². The van der Waals surface area contributed by atoms with Gasteiger partial charge in [0.05, 0.1) is 31.2 Å². The van der Waals surface area contributed by atoms with Gasteiger partial charge in [0.2, 0.25) is 10.5 Å². The Morgan fingerprint density at radius 3 is 2.44 bits per heavy atom. The van der Waals surface area contributed by atoms with Crippen molar-refractivity contribution < 1.29 is 4.74 Å². The van der Waals surface area contributed by atoms with E-state index in [0.29, 0.717) is 29.1 Å². The summed E-state index contributed by atoms with van der Waals surface area (Å²) in [5.41, 5.74) is 1.59. The summed E-state index contributed by atoms with van der Waals surface area (Å²) in [4.78, 5) is 15.8. The number of fused-ring (bicyclic) bond motifs is 3. The highest BCUT2D eigenvalue weighted by Gasteiger charge is 2.18. The van der Waals surface area contributed by atoms with Crippen molar-refractivity contribution in [1.29, 1.82) is 0 Å². The zero-order chi connectivity index (χ0) is 22.7. The number of aromatic nitrogens is 4. The largest absolute Gasteiger partial charge is 0.496 e. The Morgan fingerprint density at radius 2 is 1.72 bits per heavy atom. The Morgan fingerprint density at radius 1 is 1.03 bits per heavy atom. The highest BCUT2D eigenvalue weighted by molar-refractivity contribution is 7.71. The van der Waals surface area contributed by atoms with Crippen molar-refractivity contribution in [1.82, 2.24) is 23.6 Å². The quantitative estimate of drug-likeness (QED) is 0.355. The molecule has 0 fully saturated rings. The van der Waals surface area contributed by atoms with Gasteiger partial charge in [0.25, 0.3) is 5.56 Å². The lowest BCUT2D eigenvalue weighted by molar-refractivity contribution is 0.206. The van der Waals surface area contributed by atoms with Crippen LogP contribution in [-0.2, 0) is 13.2 Å². The Hall–Kier alpha value is -2.97. The first-order chi connectivity index (χ1) is 15.6. The fourth-order valence-corrected chi connectivity index (χ4v) is 4.46. The summed E-state index contributed by atoms with van der Waals surface area (Å²) in [7, 11) is 1.64. The van der Waals surface area contributed by atoms with Crippen molar-refractivity contribution in [2.75, 3.05) is 20.2 Å². The minimum absolute atomic E-state index is 0.0925. The lowest BCUT2D eigenvalue weighted by Crippen LogP contribution is -2.28. The summed E-state index contributed by atoms with van der Waals surface area (Å²) in [6.07, 6.45) is 2.12. The van der Waals surface area contributed by atoms with Crippen LogP contribution >= 0.6 is 12.2 Å². The van der Waals surface area contributed by atoms with Crippen LogP contribution in [0.2, 0.25) is 0 Å². The first-order valence-electron chi connectivity index (χ1n) is 11.0. The molecule has 0 atom stereocenters. The summed E-state index contributed by atoms with van der Waals surface area (Å²) in [6.45, 7) is 7.22. The highest BCUT2D eigenvalue weighted by Crippen LogP contribution is 2.20. The van der Waals surface area contributed by atoms with E-state index in [4.69, 9.17) is 22.1 Å². The molecule has 0 saturated heterocycles. The highest BCUT2D eigenvalue weighted by atomic mass is 32.1. The van der Waals surface area contributed by atoms with Gasteiger partial charge >= 0.3 is 0 Å². The van der Waals surface area contributed by atoms with Crippen LogP contribution in [0.4, 0.5) is 0 Å². The third-order valence-electron chi connectivity index (χ3n) is 5.62. The number of hydrogen-bond acceptors (Lipinski definition) is 5. The predicted molar refractivity (Wildman–Crippen MR) is 130 cm³/mol. The van der Waals surface area contributed by atoms with Crippen LogP contribution in [0.1, 0.15) is 32.3 Å². The standard InChI is InChI=1S/C24H29N5O2S/c1-4-14-26(15-5-2)17-28-24(32)29-20-12-8-7-11-19(20)22(30)27(23(29)25-28)16-18-10-6-9-13-21(18)31-3/h6-13H,4-5,14-17H2,1-3H3. The van der Waals surface area contributed by atoms with E-state index < -0.39 is 0 Å². The molecular weight excluding hydrogens is 422 g/mol. The fraction of sp³-hybridized carbons (Fsp3) is 0.375. The average Bonchev–Trinajstić information content (AvgIpc) is 3.13. The number of hydrogen-bond donors (Lipinski definition) is 0. The number of ether oxygens (including phenoxy) is 1. The van der Waals surface area contributed by atoms with E-state index in [1.165, 1.54) is 0 Å². The van der Waals surface area contributed by atoms with E-state index in [2.05, 4.69) is 18.7 Å². The SMILES string of the molecule is CCCN(CCC)Cn1nc2n(Cc3ccccc3OC)c(=O)c3ccccc3n2c1=S. The van der Waals surface area contributed by atoms with Crippen LogP contribution in [0.15, 0.2) is 53.3 Å². The molecule has 7 nitrogen and oxygen atoms in total. The van der Waals surface area contributed by atoms with Crippen LogP contribution in [0.3, 0.4) is 0 Å². The number of para-hydroxylation sites is 2. The van der Waals surface area contributed by atoms with Gasteiger partial charge in [0.15, 0.2) is 0 Å². The molecule has 0 unspecified atom stereocenters. The summed E-state index contributed by atoms with van der Waals surface area (Å²) < 4.78 is 11.5. The van der Waals surface area contributed by atoms with Gasteiger partial charge in [-0.2, -0.15) is 0 Å². The molecule has 0 bridgehead atoms. The molecule has 4 aromatic rings. The van der Waals surface area contributed by atoms with Crippen LogP contribution in [0.25, 0.3) is 16.7 Å². The van der Waals surface area contributed by atoms with Crippen LogP contribution in [0.5, 0.6) is 5.75 Å². The van der Waals surface area contributed by atoms with Crippen molar-refractivity contribution in [2.45, 2.75) is 39.9 Å². The first-order valence-corrected chi connectivity index (χ1v) is 11.4. The van der Waals surface area contributed by atoms with E-state index >= 15 is 0 Å². The molecule has 168 valence electrons. The average molecular weight is 452 g/mol. The molecule has 0 N–H and O–H groups in total. The molecule has 0 spiro atoms. The van der Waals surface area contributed by atoms with Gasteiger partial charge in [-0.15, -0.1) is 5.10 Å². The first kappa shape index (κ1) is 22.2. The van der Waals surface area contributed by atoms with E-state index in [1.807, 2.05) is 57.6 Å². The monoisotopic (exact) mass is 451 g/mol. The van der Waals surface area contributed by atoms with Gasteiger partial charge in [0, 0.05) is 5.56 Å². The summed E-state index contributed by atoms with van der Waals surface area (Å²) in [5, 5.41) is 5.45. The Balaban J connectivity index is 1.94. The zero-order valence-corrected chi connectivity index (χ0v) is 19.6. The van der Waals surface area contributed by atoms with Gasteiger partial charge in [-0.25, -0.2) is 4.68 Å². The molecule has 0 amide bonds. The molecule has 0 aliphatic heterocycles. The van der Waals surface area contributed by atoms with Crippen LogP contribution in [-0.4, -0.2) is 43.8 Å². The number of rotatable bonds is 9. The Kier molecular flexibility index (Phi) is 6.72. The molecular formula is C24H29N5O2S. The second kappa shape index (κ2) is 9.67. The van der Waals surface area contributed by atoms with Crippen molar-refractivity contribution in [3.05, 3.63) is 69.2 Å². The van der Waals surface area contributed by atoms with E-state index in [9.17, 15) is 4.79 Å². The van der Waals surface area contributed by atoms with Gasteiger partial charge in [-0.3, -0.25) is 18.7 Å². The second-order valence-corrected chi connectivity index (χ2v) is 8.26. The number of benzene rings is 2. The minimum atomic E-state index is -0.0925. The molecule has 0 radical (unpaired) electrons. The maximum atomic E-state index is 13.5. The molecule has 0 aliphatic rings. The Bertz CT molecular complexity index is 1350. The van der Waals surface area contributed by atoms with Gasteiger partial charge in [0.1, 0.15) is 5.75 Å². The summed E-state index contributed by atoms with van der Waals surface area (Å²) >= 11 is 5.85. The maximum Gasteiger partial charge on any atom is 0.263 e. The Labute approximate surface area is 192 Å². The van der Waals surface area contributed by atoms with Crippen LogP contribution < -0.4 is 10.3 Å². The van der Waals surface area contributed by atoms with E-state index in [-0.39, 0.29) is 5.56 Å². The molecule has 4 rings (SSSR count). The third-order valence-corrected chi connectivity index (χ3v) is 6.01. The zero-order valence-electron chi connectivity index (χ0n) is 18.8. The second-order valence-electron chi connectivity index (χ2n) is 7.90. The molecule has 2 heterocycles. The van der Waals surface area contributed by atoms with Crippen molar-refractivity contribution >= 4 is 28.9 Å². The molecule has 0 aliphatic carbocycles. The number of nitrogens with zero attached hydrogens (tertiary/aromatic N) is 5. The van der Waals surface area contributed by atoms with Gasteiger partial charge < -0.3 is 4.74 Å². The summed E-state index contributed by atoms with van der Waals surface area (Å²) in [5.74, 6) is 1.28. The van der Waals surface area contributed by atoms with Crippen LogP contribution in [0, 0.1) is 4.77 Å². The molecule has 8 heteroatoms.